The summed E-state index contributed by atoms with van der Waals surface area (Å²) in [5, 5.41) is 6.77. The van der Waals surface area contributed by atoms with Gasteiger partial charge in [-0.2, -0.15) is 5.10 Å². The SMILES string of the molecule is COCc1ccc(-c2cc(N)n[nH]2)c2c1OCO2. The number of nitrogen functional groups attached to an aromatic ring is 1. The molecule has 3 N–H and O–H groups in total. The minimum absolute atomic E-state index is 0.215. The van der Waals surface area contributed by atoms with E-state index in [0.29, 0.717) is 18.2 Å². The van der Waals surface area contributed by atoms with Crippen LogP contribution < -0.4 is 15.2 Å². The number of nitrogens with two attached hydrogens (primary N) is 1. The van der Waals surface area contributed by atoms with E-state index in [1.54, 1.807) is 13.2 Å². The number of methoxy groups -OCH3 is 1. The fourth-order valence-corrected chi connectivity index (χ4v) is 2.01. The molecule has 94 valence electrons. The van der Waals surface area contributed by atoms with Gasteiger partial charge in [-0.15, -0.1) is 0 Å². The molecule has 0 aliphatic carbocycles. The molecule has 0 amide bonds. The van der Waals surface area contributed by atoms with Gasteiger partial charge in [0.15, 0.2) is 11.5 Å². The number of aromatic amines is 1. The van der Waals surface area contributed by atoms with Crippen molar-refractivity contribution in [3.63, 3.8) is 0 Å². The van der Waals surface area contributed by atoms with E-state index in [9.17, 15) is 0 Å². The second-order valence-corrected chi connectivity index (χ2v) is 3.98. The van der Waals surface area contributed by atoms with Crippen LogP contribution in [-0.2, 0) is 11.3 Å². The van der Waals surface area contributed by atoms with Crippen molar-refractivity contribution in [2.75, 3.05) is 19.6 Å². The van der Waals surface area contributed by atoms with E-state index < -0.39 is 0 Å². The smallest absolute Gasteiger partial charge is 0.231 e. The first-order valence-corrected chi connectivity index (χ1v) is 5.51. The molecule has 2 aromatic rings. The maximum absolute atomic E-state index is 5.60. The number of hydrogen-bond donors (Lipinski definition) is 2. The van der Waals surface area contributed by atoms with E-state index in [1.165, 1.54) is 0 Å². The van der Waals surface area contributed by atoms with E-state index in [2.05, 4.69) is 10.2 Å². The quantitative estimate of drug-likeness (QED) is 0.859. The molecule has 1 aromatic carbocycles. The zero-order valence-electron chi connectivity index (χ0n) is 9.90. The van der Waals surface area contributed by atoms with Crippen LogP contribution in [0.3, 0.4) is 0 Å². The van der Waals surface area contributed by atoms with Crippen molar-refractivity contribution in [3.8, 4) is 22.8 Å². The van der Waals surface area contributed by atoms with Gasteiger partial charge in [0.25, 0.3) is 0 Å². The number of rotatable bonds is 3. The lowest BCUT2D eigenvalue weighted by Crippen LogP contribution is -1.95. The first kappa shape index (κ1) is 10.9. The van der Waals surface area contributed by atoms with Crippen molar-refractivity contribution in [2.45, 2.75) is 6.61 Å². The third-order valence-corrected chi connectivity index (χ3v) is 2.79. The van der Waals surface area contributed by atoms with Crippen molar-refractivity contribution in [1.29, 1.82) is 0 Å². The lowest BCUT2D eigenvalue weighted by Gasteiger charge is -2.08. The normalized spacial score (nSPS) is 12.9. The largest absolute Gasteiger partial charge is 0.453 e. The lowest BCUT2D eigenvalue weighted by atomic mass is 10.1. The number of ether oxygens (including phenoxy) is 3. The van der Waals surface area contributed by atoms with Gasteiger partial charge in [-0.3, -0.25) is 5.10 Å². The van der Waals surface area contributed by atoms with Crippen LogP contribution >= 0.6 is 0 Å². The third kappa shape index (κ3) is 1.67. The molecule has 0 atom stereocenters. The Morgan fingerprint density at radius 3 is 2.94 bits per heavy atom. The molecule has 0 radical (unpaired) electrons. The molecule has 3 rings (SSSR count). The third-order valence-electron chi connectivity index (χ3n) is 2.79. The zero-order valence-corrected chi connectivity index (χ0v) is 9.90. The Morgan fingerprint density at radius 1 is 1.39 bits per heavy atom. The van der Waals surface area contributed by atoms with E-state index in [4.69, 9.17) is 19.9 Å². The second kappa shape index (κ2) is 4.23. The number of nitrogens with one attached hydrogen (secondary N) is 1. The highest BCUT2D eigenvalue weighted by atomic mass is 16.7. The van der Waals surface area contributed by atoms with Crippen molar-refractivity contribution in [1.82, 2.24) is 10.2 Å². The average Bonchev–Trinajstić information content (AvgIpc) is 2.98. The van der Waals surface area contributed by atoms with Gasteiger partial charge in [0, 0.05) is 24.3 Å². The summed E-state index contributed by atoms with van der Waals surface area (Å²) in [6.07, 6.45) is 0. The summed E-state index contributed by atoms with van der Waals surface area (Å²) >= 11 is 0. The molecule has 6 nitrogen and oxygen atoms in total. The van der Waals surface area contributed by atoms with Gasteiger partial charge < -0.3 is 19.9 Å². The molecule has 0 bridgehead atoms. The number of H-pyrrole nitrogens is 1. The summed E-state index contributed by atoms with van der Waals surface area (Å²) in [5.74, 6) is 1.87. The summed E-state index contributed by atoms with van der Waals surface area (Å²) < 4.78 is 16.1. The Balaban J connectivity index is 2.10. The number of hydrogen-bond acceptors (Lipinski definition) is 5. The van der Waals surface area contributed by atoms with Gasteiger partial charge in [0.2, 0.25) is 6.79 Å². The molecule has 0 fully saturated rings. The molecular formula is C12H13N3O3. The van der Waals surface area contributed by atoms with E-state index >= 15 is 0 Å². The van der Waals surface area contributed by atoms with Gasteiger partial charge in [0.05, 0.1) is 12.3 Å². The second-order valence-electron chi connectivity index (χ2n) is 3.98. The van der Waals surface area contributed by atoms with Crippen LogP contribution in [0.15, 0.2) is 18.2 Å². The summed E-state index contributed by atoms with van der Waals surface area (Å²) in [5.41, 5.74) is 8.25. The monoisotopic (exact) mass is 247 g/mol. The molecular weight excluding hydrogens is 234 g/mol. The molecule has 18 heavy (non-hydrogen) atoms. The molecule has 0 unspecified atom stereocenters. The summed E-state index contributed by atoms with van der Waals surface area (Å²) in [4.78, 5) is 0. The lowest BCUT2D eigenvalue weighted by molar-refractivity contribution is 0.163. The Kier molecular flexibility index (Phi) is 2.56. The summed E-state index contributed by atoms with van der Waals surface area (Å²) in [6.45, 7) is 0.698. The number of fused-ring (bicyclic) bond motifs is 1. The topological polar surface area (TPSA) is 82.4 Å². The van der Waals surface area contributed by atoms with Crippen LogP contribution in [0.2, 0.25) is 0 Å². The van der Waals surface area contributed by atoms with Gasteiger partial charge in [-0.1, -0.05) is 6.07 Å². The molecule has 0 saturated carbocycles. The summed E-state index contributed by atoms with van der Waals surface area (Å²) in [6, 6.07) is 5.64. The summed E-state index contributed by atoms with van der Waals surface area (Å²) in [7, 11) is 1.64. The fourth-order valence-electron chi connectivity index (χ4n) is 2.01. The van der Waals surface area contributed by atoms with Crippen LogP contribution in [0, 0.1) is 0 Å². The number of anilines is 1. The van der Waals surface area contributed by atoms with Crippen molar-refractivity contribution in [2.24, 2.45) is 0 Å². The van der Waals surface area contributed by atoms with Crippen LogP contribution in [0.1, 0.15) is 5.56 Å². The number of aromatic nitrogens is 2. The van der Waals surface area contributed by atoms with E-state index in [0.717, 1.165) is 22.6 Å². The molecule has 2 heterocycles. The minimum atomic E-state index is 0.215. The average molecular weight is 247 g/mol. The van der Waals surface area contributed by atoms with Crippen molar-refractivity contribution < 1.29 is 14.2 Å². The Hall–Kier alpha value is -2.21. The van der Waals surface area contributed by atoms with Gasteiger partial charge in [0.1, 0.15) is 5.82 Å². The predicted octanol–water partition coefficient (Wildman–Crippen LogP) is 1.53. The predicted molar refractivity (Wildman–Crippen MR) is 65.3 cm³/mol. The molecule has 0 saturated heterocycles. The molecule has 6 heteroatoms. The maximum atomic E-state index is 5.60. The molecule has 1 aliphatic rings. The highest BCUT2D eigenvalue weighted by Gasteiger charge is 2.23. The van der Waals surface area contributed by atoms with Crippen molar-refractivity contribution in [3.05, 3.63) is 23.8 Å². The molecule has 1 aromatic heterocycles. The van der Waals surface area contributed by atoms with Gasteiger partial charge >= 0.3 is 0 Å². The maximum Gasteiger partial charge on any atom is 0.231 e. The highest BCUT2D eigenvalue weighted by molar-refractivity contribution is 5.74. The molecule has 0 spiro atoms. The Bertz CT molecular complexity index is 580. The minimum Gasteiger partial charge on any atom is -0.453 e. The first-order valence-electron chi connectivity index (χ1n) is 5.51. The number of benzene rings is 1. The fraction of sp³-hybridized carbons (Fsp3) is 0.250. The zero-order chi connectivity index (χ0) is 12.5. The first-order chi connectivity index (χ1) is 8.79. The van der Waals surface area contributed by atoms with Gasteiger partial charge in [-0.05, 0) is 6.07 Å². The molecule has 1 aliphatic heterocycles. The van der Waals surface area contributed by atoms with Crippen LogP contribution in [0.5, 0.6) is 11.5 Å². The number of nitrogens with zero attached hydrogens (tertiary/aromatic N) is 1. The van der Waals surface area contributed by atoms with E-state index in [-0.39, 0.29) is 6.79 Å². The van der Waals surface area contributed by atoms with E-state index in [1.807, 2.05) is 12.1 Å². The van der Waals surface area contributed by atoms with Crippen molar-refractivity contribution >= 4 is 5.82 Å². The van der Waals surface area contributed by atoms with Crippen LogP contribution in [0.4, 0.5) is 5.82 Å². The Labute approximate surface area is 104 Å². The van der Waals surface area contributed by atoms with Crippen LogP contribution in [0.25, 0.3) is 11.3 Å². The standard InChI is InChI=1S/C12H13N3O3/c1-16-5-7-2-3-8(9-4-10(13)15-14-9)12-11(7)17-6-18-12/h2-4H,5-6H2,1H3,(H3,13,14,15). The Morgan fingerprint density at radius 2 is 2.22 bits per heavy atom. The highest BCUT2D eigenvalue weighted by Crippen LogP contribution is 2.43. The van der Waals surface area contributed by atoms with Gasteiger partial charge in [-0.25, -0.2) is 0 Å². The van der Waals surface area contributed by atoms with Crippen LogP contribution in [-0.4, -0.2) is 24.1 Å².